The predicted molar refractivity (Wildman–Crippen MR) is 114 cm³/mol. The van der Waals surface area contributed by atoms with Crippen LogP contribution in [0.25, 0.3) is 0 Å². The van der Waals surface area contributed by atoms with Crippen molar-refractivity contribution in [3.63, 3.8) is 0 Å². The molecule has 0 aromatic heterocycles. The Kier molecular flexibility index (Phi) is 7.64. The number of anilines is 2. The Morgan fingerprint density at radius 1 is 0.931 bits per heavy atom. The predicted octanol–water partition coefficient (Wildman–Crippen LogP) is 5.18. The van der Waals surface area contributed by atoms with E-state index in [9.17, 15) is 9.59 Å². The molecule has 0 saturated heterocycles. The maximum atomic E-state index is 12.6. The SMILES string of the molecule is COCCOC(=O)Nc1cccc(NC(=O)c2ccc(C3CCCCC3)cc2)c1. The van der Waals surface area contributed by atoms with E-state index < -0.39 is 6.09 Å². The fourth-order valence-electron chi connectivity index (χ4n) is 3.59. The lowest BCUT2D eigenvalue weighted by molar-refractivity contribution is 0.102. The van der Waals surface area contributed by atoms with Crippen LogP contribution in [0.5, 0.6) is 0 Å². The summed E-state index contributed by atoms with van der Waals surface area (Å²) in [6.45, 7) is 0.513. The summed E-state index contributed by atoms with van der Waals surface area (Å²) in [5.74, 6) is 0.437. The van der Waals surface area contributed by atoms with E-state index in [0.29, 0.717) is 29.5 Å². The molecule has 0 bridgehead atoms. The van der Waals surface area contributed by atoms with Gasteiger partial charge in [0.15, 0.2) is 0 Å². The van der Waals surface area contributed by atoms with Crippen LogP contribution in [0.2, 0.25) is 0 Å². The van der Waals surface area contributed by atoms with E-state index in [0.717, 1.165) is 0 Å². The highest BCUT2D eigenvalue weighted by atomic mass is 16.6. The Morgan fingerprint density at radius 3 is 2.31 bits per heavy atom. The van der Waals surface area contributed by atoms with Gasteiger partial charge in [0.05, 0.1) is 6.61 Å². The molecular formula is C23H28N2O4. The van der Waals surface area contributed by atoms with Gasteiger partial charge in [0.25, 0.3) is 5.91 Å². The van der Waals surface area contributed by atoms with Gasteiger partial charge in [0.2, 0.25) is 0 Å². The van der Waals surface area contributed by atoms with Crippen molar-refractivity contribution in [3.05, 3.63) is 59.7 Å². The number of hydrogen-bond donors (Lipinski definition) is 2. The lowest BCUT2D eigenvalue weighted by Gasteiger charge is -2.22. The maximum absolute atomic E-state index is 12.6. The van der Waals surface area contributed by atoms with Crippen LogP contribution in [-0.2, 0) is 9.47 Å². The summed E-state index contributed by atoms with van der Waals surface area (Å²) in [5, 5.41) is 5.50. The minimum absolute atomic E-state index is 0.176. The first kappa shape index (κ1) is 20.9. The highest BCUT2D eigenvalue weighted by Crippen LogP contribution is 2.32. The third-order valence-corrected chi connectivity index (χ3v) is 5.14. The number of methoxy groups -OCH3 is 1. The molecule has 0 aliphatic heterocycles. The zero-order valence-corrected chi connectivity index (χ0v) is 16.8. The van der Waals surface area contributed by atoms with Gasteiger partial charge in [-0.05, 0) is 54.7 Å². The zero-order chi connectivity index (χ0) is 20.5. The molecule has 2 N–H and O–H groups in total. The summed E-state index contributed by atoms with van der Waals surface area (Å²) < 4.78 is 9.81. The van der Waals surface area contributed by atoms with E-state index in [1.165, 1.54) is 44.8 Å². The fourth-order valence-corrected chi connectivity index (χ4v) is 3.59. The summed E-state index contributed by atoms with van der Waals surface area (Å²) in [5.41, 5.74) is 3.07. The summed E-state index contributed by atoms with van der Waals surface area (Å²) in [6, 6.07) is 14.8. The van der Waals surface area contributed by atoms with E-state index in [1.807, 2.05) is 12.1 Å². The highest BCUT2D eigenvalue weighted by molar-refractivity contribution is 6.04. The van der Waals surface area contributed by atoms with Gasteiger partial charge < -0.3 is 14.8 Å². The minimum Gasteiger partial charge on any atom is -0.447 e. The zero-order valence-electron chi connectivity index (χ0n) is 16.8. The van der Waals surface area contributed by atoms with Gasteiger partial charge in [-0.15, -0.1) is 0 Å². The lowest BCUT2D eigenvalue weighted by atomic mass is 9.84. The molecule has 3 rings (SSSR count). The number of hydrogen-bond acceptors (Lipinski definition) is 4. The molecule has 6 heteroatoms. The summed E-state index contributed by atoms with van der Waals surface area (Å²) in [7, 11) is 1.54. The van der Waals surface area contributed by atoms with Crippen LogP contribution < -0.4 is 10.6 Å². The molecule has 1 saturated carbocycles. The molecule has 0 radical (unpaired) electrons. The Hall–Kier alpha value is -2.86. The van der Waals surface area contributed by atoms with Crippen molar-refractivity contribution >= 4 is 23.4 Å². The van der Waals surface area contributed by atoms with Crippen molar-refractivity contribution in [3.8, 4) is 0 Å². The molecule has 2 amide bonds. The van der Waals surface area contributed by atoms with Gasteiger partial charge in [-0.2, -0.15) is 0 Å². The van der Waals surface area contributed by atoms with Crippen LogP contribution in [0.3, 0.4) is 0 Å². The molecule has 6 nitrogen and oxygen atoms in total. The van der Waals surface area contributed by atoms with E-state index in [1.54, 1.807) is 24.3 Å². The van der Waals surface area contributed by atoms with Crippen LogP contribution in [-0.4, -0.2) is 32.3 Å². The number of carbonyl (C=O) groups is 2. The molecule has 0 atom stereocenters. The van der Waals surface area contributed by atoms with E-state index in [-0.39, 0.29) is 12.5 Å². The van der Waals surface area contributed by atoms with Crippen LogP contribution in [0.15, 0.2) is 48.5 Å². The summed E-state index contributed by atoms with van der Waals surface area (Å²) in [4.78, 5) is 24.3. The molecule has 1 aliphatic carbocycles. The third kappa shape index (κ3) is 6.32. The average molecular weight is 396 g/mol. The van der Waals surface area contributed by atoms with E-state index in [2.05, 4.69) is 22.8 Å². The quantitative estimate of drug-likeness (QED) is 0.632. The van der Waals surface area contributed by atoms with Gasteiger partial charge in [-0.3, -0.25) is 10.1 Å². The molecule has 154 valence electrons. The fraction of sp³-hybridized carbons (Fsp3) is 0.391. The largest absolute Gasteiger partial charge is 0.447 e. The average Bonchev–Trinajstić information content (AvgIpc) is 2.75. The molecular weight excluding hydrogens is 368 g/mol. The van der Waals surface area contributed by atoms with Gasteiger partial charge in [0, 0.05) is 24.0 Å². The second kappa shape index (κ2) is 10.6. The van der Waals surface area contributed by atoms with Gasteiger partial charge in [-0.1, -0.05) is 37.5 Å². The topological polar surface area (TPSA) is 76.7 Å². The standard InChI is InChI=1S/C23H28N2O4/c1-28-14-15-29-23(27)25-21-9-5-8-20(16-21)24-22(26)19-12-10-18(11-13-19)17-6-3-2-4-7-17/h5,8-13,16-17H,2-4,6-7,14-15H2,1H3,(H,24,26)(H,25,27). The van der Waals surface area contributed by atoms with Crippen LogP contribution in [0.1, 0.15) is 53.9 Å². The second-order valence-electron chi connectivity index (χ2n) is 7.25. The molecule has 1 fully saturated rings. The Balaban J connectivity index is 1.56. The second-order valence-corrected chi connectivity index (χ2v) is 7.25. The Labute approximate surface area is 171 Å². The molecule has 1 aliphatic rings. The molecule has 2 aromatic carbocycles. The van der Waals surface area contributed by atoms with Gasteiger partial charge in [-0.25, -0.2) is 4.79 Å². The third-order valence-electron chi connectivity index (χ3n) is 5.14. The van der Waals surface area contributed by atoms with Crippen molar-refractivity contribution in [2.24, 2.45) is 0 Å². The van der Waals surface area contributed by atoms with Crippen LogP contribution >= 0.6 is 0 Å². The first-order valence-corrected chi connectivity index (χ1v) is 10.1. The van der Waals surface area contributed by atoms with Crippen molar-refractivity contribution in [1.29, 1.82) is 0 Å². The number of nitrogens with one attached hydrogen (secondary N) is 2. The Bertz CT molecular complexity index is 814. The molecule has 0 unspecified atom stereocenters. The first-order valence-electron chi connectivity index (χ1n) is 10.1. The molecule has 2 aromatic rings. The van der Waals surface area contributed by atoms with Crippen LogP contribution in [0, 0.1) is 0 Å². The monoisotopic (exact) mass is 396 g/mol. The van der Waals surface area contributed by atoms with Crippen LogP contribution in [0.4, 0.5) is 16.2 Å². The van der Waals surface area contributed by atoms with Gasteiger partial charge in [0.1, 0.15) is 6.61 Å². The van der Waals surface area contributed by atoms with Crippen molar-refractivity contribution in [2.75, 3.05) is 31.0 Å². The molecule has 29 heavy (non-hydrogen) atoms. The van der Waals surface area contributed by atoms with Gasteiger partial charge >= 0.3 is 6.09 Å². The van der Waals surface area contributed by atoms with Crippen molar-refractivity contribution in [1.82, 2.24) is 0 Å². The Morgan fingerprint density at radius 2 is 1.62 bits per heavy atom. The number of carbonyl (C=O) groups excluding carboxylic acids is 2. The number of rotatable bonds is 7. The first-order chi connectivity index (χ1) is 14.2. The molecule has 0 heterocycles. The highest BCUT2D eigenvalue weighted by Gasteiger charge is 2.16. The molecule has 0 spiro atoms. The summed E-state index contributed by atoms with van der Waals surface area (Å²) >= 11 is 0. The van der Waals surface area contributed by atoms with E-state index in [4.69, 9.17) is 9.47 Å². The van der Waals surface area contributed by atoms with Crippen molar-refractivity contribution < 1.29 is 19.1 Å². The smallest absolute Gasteiger partial charge is 0.411 e. The van der Waals surface area contributed by atoms with Crippen molar-refractivity contribution in [2.45, 2.75) is 38.0 Å². The number of amides is 2. The number of benzene rings is 2. The normalized spacial score (nSPS) is 14.2. The minimum atomic E-state index is -0.566. The number of ether oxygens (including phenoxy) is 2. The lowest BCUT2D eigenvalue weighted by Crippen LogP contribution is -2.17. The maximum Gasteiger partial charge on any atom is 0.411 e. The summed E-state index contributed by atoms with van der Waals surface area (Å²) in [6.07, 6.45) is 5.81. The van der Waals surface area contributed by atoms with E-state index >= 15 is 0 Å².